The van der Waals surface area contributed by atoms with Crippen LogP contribution in [0.15, 0.2) is 53.9 Å². The maximum absolute atomic E-state index is 12.2. The number of nitrogens with zero attached hydrogens (tertiary/aromatic N) is 1. The highest BCUT2D eigenvalue weighted by molar-refractivity contribution is 7.13. The van der Waals surface area contributed by atoms with Gasteiger partial charge < -0.3 is 10.4 Å². The summed E-state index contributed by atoms with van der Waals surface area (Å²) in [5.74, 6) is -0.00812. The van der Waals surface area contributed by atoms with Crippen molar-refractivity contribution in [2.75, 3.05) is 6.54 Å². The topological polar surface area (TPSA) is 79.3 Å². The van der Waals surface area contributed by atoms with Crippen LogP contribution in [0.1, 0.15) is 33.3 Å². The van der Waals surface area contributed by atoms with E-state index in [1.165, 1.54) is 18.3 Å². The number of aromatic nitrogens is 1. The Labute approximate surface area is 155 Å². The summed E-state index contributed by atoms with van der Waals surface area (Å²) in [6.07, 6.45) is 0.670. The first-order chi connectivity index (χ1) is 12.5. The average molecular weight is 366 g/mol. The Kier molecular flexibility index (Phi) is 5.43. The Morgan fingerprint density at radius 1 is 1.15 bits per heavy atom. The summed E-state index contributed by atoms with van der Waals surface area (Å²) in [5, 5.41) is 14.5. The molecule has 1 aromatic heterocycles. The molecule has 3 rings (SSSR count). The number of hydrogen-bond acceptors (Lipinski definition) is 5. The molecule has 2 aromatic carbocycles. The third-order valence-corrected chi connectivity index (χ3v) is 4.78. The minimum Gasteiger partial charge on any atom is -0.508 e. The minimum absolute atomic E-state index is 0.00407. The van der Waals surface area contributed by atoms with Gasteiger partial charge in [-0.1, -0.05) is 30.3 Å². The van der Waals surface area contributed by atoms with Gasteiger partial charge in [0.25, 0.3) is 5.91 Å². The Morgan fingerprint density at radius 2 is 1.92 bits per heavy atom. The van der Waals surface area contributed by atoms with Crippen LogP contribution in [-0.2, 0) is 6.42 Å². The fourth-order valence-electron chi connectivity index (χ4n) is 2.46. The van der Waals surface area contributed by atoms with E-state index < -0.39 is 0 Å². The number of rotatable bonds is 6. The molecule has 0 aliphatic rings. The van der Waals surface area contributed by atoms with Gasteiger partial charge >= 0.3 is 0 Å². The number of nitrogens with one attached hydrogen (secondary N) is 1. The molecular formula is C20H18N2O3S. The van der Waals surface area contributed by atoms with Crippen LogP contribution in [0.3, 0.4) is 0 Å². The van der Waals surface area contributed by atoms with Crippen LogP contribution in [0.25, 0.3) is 10.6 Å². The number of phenols is 1. The Bertz CT molecular complexity index is 932. The summed E-state index contributed by atoms with van der Waals surface area (Å²) in [5.41, 5.74) is 2.84. The molecular weight excluding hydrogens is 348 g/mol. The maximum Gasteiger partial charge on any atom is 0.270 e. The highest BCUT2D eigenvalue weighted by Gasteiger charge is 2.12. The predicted molar refractivity (Wildman–Crippen MR) is 102 cm³/mol. The number of hydrogen-bond donors (Lipinski definition) is 2. The van der Waals surface area contributed by atoms with E-state index in [1.54, 1.807) is 29.6 Å². The zero-order valence-corrected chi connectivity index (χ0v) is 15.0. The molecule has 0 radical (unpaired) electrons. The molecule has 5 nitrogen and oxygen atoms in total. The number of benzene rings is 2. The van der Waals surface area contributed by atoms with E-state index in [0.717, 1.165) is 11.1 Å². The molecule has 0 fully saturated rings. The van der Waals surface area contributed by atoms with Crippen molar-refractivity contribution >= 4 is 23.0 Å². The van der Waals surface area contributed by atoms with Gasteiger partial charge in [-0.15, -0.1) is 11.3 Å². The van der Waals surface area contributed by atoms with E-state index in [0.29, 0.717) is 29.2 Å². The van der Waals surface area contributed by atoms with E-state index in [9.17, 15) is 14.7 Å². The Balaban J connectivity index is 1.62. The number of amides is 1. The van der Waals surface area contributed by atoms with Gasteiger partial charge in [0.05, 0.1) is 0 Å². The molecule has 0 bridgehead atoms. The predicted octanol–water partition coefficient (Wildman–Crippen LogP) is 3.69. The molecule has 6 heteroatoms. The van der Waals surface area contributed by atoms with Crippen molar-refractivity contribution in [2.45, 2.75) is 13.3 Å². The molecule has 3 aromatic rings. The molecule has 26 heavy (non-hydrogen) atoms. The molecule has 0 aliphatic heterocycles. The van der Waals surface area contributed by atoms with E-state index in [1.807, 2.05) is 24.3 Å². The first kappa shape index (κ1) is 17.8. The monoisotopic (exact) mass is 366 g/mol. The van der Waals surface area contributed by atoms with Gasteiger partial charge in [-0.3, -0.25) is 9.59 Å². The van der Waals surface area contributed by atoms with Crippen molar-refractivity contribution in [1.29, 1.82) is 0 Å². The van der Waals surface area contributed by atoms with Crippen LogP contribution in [0.5, 0.6) is 5.75 Å². The zero-order chi connectivity index (χ0) is 18.5. The van der Waals surface area contributed by atoms with Crippen molar-refractivity contribution < 1.29 is 14.7 Å². The third-order valence-electron chi connectivity index (χ3n) is 3.89. The van der Waals surface area contributed by atoms with Crippen LogP contribution in [0.4, 0.5) is 0 Å². The van der Waals surface area contributed by atoms with Crippen LogP contribution < -0.4 is 5.32 Å². The van der Waals surface area contributed by atoms with Crippen molar-refractivity contribution in [3.05, 3.63) is 70.7 Å². The lowest BCUT2D eigenvalue weighted by Crippen LogP contribution is -2.25. The number of carbonyl (C=O) groups excluding carboxylic acids is 2. The van der Waals surface area contributed by atoms with Crippen LogP contribution in [0.2, 0.25) is 0 Å². The molecule has 2 N–H and O–H groups in total. The van der Waals surface area contributed by atoms with Crippen LogP contribution in [-0.4, -0.2) is 28.3 Å². The number of aromatic hydroxyl groups is 1. The summed E-state index contributed by atoms with van der Waals surface area (Å²) < 4.78 is 0. The lowest BCUT2D eigenvalue weighted by atomic mass is 10.1. The van der Waals surface area contributed by atoms with Gasteiger partial charge in [-0.2, -0.15) is 0 Å². The van der Waals surface area contributed by atoms with Gasteiger partial charge in [-0.25, -0.2) is 4.98 Å². The van der Waals surface area contributed by atoms with Crippen molar-refractivity contribution in [3.8, 4) is 16.3 Å². The largest absolute Gasteiger partial charge is 0.508 e. The van der Waals surface area contributed by atoms with Gasteiger partial charge in [0.2, 0.25) is 0 Å². The first-order valence-corrected chi connectivity index (χ1v) is 9.04. The summed E-state index contributed by atoms with van der Waals surface area (Å²) in [6.45, 7) is 2.00. The highest BCUT2D eigenvalue weighted by atomic mass is 32.1. The summed E-state index contributed by atoms with van der Waals surface area (Å²) in [6, 6.07) is 14.1. The number of ketones is 1. The molecule has 0 atom stereocenters. The SMILES string of the molecule is CC(=O)c1cccc(-c2nc(C(=O)NCCc3ccc(O)cc3)cs2)c1. The Morgan fingerprint density at radius 3 is 2.65 bits per heavy atom. The molecule has 0 saturated carbocycles. The number of thiazole rings is 1. The Hall–Kier alpha value is -2.99. The molecule has 0 spiro atoms. The summed E-state index contributed by atoms with van der Waals surface area (Å²) in [4.78, 5) is 28.1. The smallest absolute Gasteiger partial charge is 0.270 e. The molecule has 0 unspecified atom stereocenters. The molecule has 1 amide bonds. The van der Waals surface area contributed by atoms with Gasteiger partial charge in [0, 0.05) is 23.1 Å². The normalized spacial score (nSPS) is 10.5. The summed E-state index contributed by atoms with van der Waals surface area (Å²) >= 11 is 1.37. The molecule has 0 saturated heterocycles. The second-order valence-corrected chi connectivity index (χ2v) is 6.71. The number of carbonyl (C=O) groups is 2. The van der Waals surface area contributed by atoms with E-state index >= 15 is 0 Å². The lowest BCUT2D eigenvalue weighted by Gasteiger charge is -2.04. The quantitative estimate of drug-likeness (QED) is 0.652. The zero-order valence-electron chi connectivity index (χ0n) is 14.2. The van der Waals surface area contributed by atoms with Crippen LogP contribution >= 0.6 is 11.3 Å². The third kappa shape index (κ3) is 4.34. The van der Waals surface area contributed by atoms with Crippen LogP contribution in [0, 0.1) is 0 Å². The van der Waals surface area contributed by atoms with E-state index in [4.69, 9.17) is 0 Å². The summed E-state index contributed by atoms with van der Waals surface area (Å²) in [7, 11) is 0. The van der Waals surface area contributed by atoms with Crippen molar-refractivity contribution in [3.63, 3.8) is 0 Å². The maximum atomic E-state index is 12.2. The molecule has 132 valence electrons. The van der Waals surface area contributed by atoms with Gasteiger partial charge in [0.15, 0.2) is 5.78 Å². The van der Waals surface area contributed by atoms with Gasteiger partial charge in [-0.05, 0) is 37.1 Å². The average Bonchev–Trinajstić information content (AvgIpc) is 3.14. The fourth-order valence-corrected chi connectivity index (χ4v) is 3.25. The van der Waals surface area contributed by atoms with E-state index in [-0.39, 0.29) is 17.4 Å². The van der Waals surface area contributed by atoms with E-state index in [2.05, 4.69) is 10.3 Å². The fraction of sp³-hybridized carbons (Fsp3) is 0.150. The molecule has 0 aliphatic carbocycles. The number of phenolic OH excluding ortho intramolecular Hbond substituents is 1. The standard InChI is InChI=1S/C20H18N2O3S/c1-13(23)15-3-2-4-16(11-15)20-22-18(12-26-20)19(25)21-10-9-14-5-7-17(24)8-6-14/h2-8,11-12,24H,9-10H2,1H3,(H,21,25). The first-order valence-electron chi connectivity index (χ1n) is 8.16. The molecule has 1 heterocycles. The van der Waals surface area contributed by atoms with Gasteiger partial charge in [0.1, 0.15) is 16.5 Å². The van der Waals surface area contributed by atoms with Crippen molar-refractivity contribution in [2.24, 2.45) is 0 Å². The number of Topliss-reactive ketones (excluding diaryl/α,β-unsaturated/α-hetero) is 1. The van der Waals surface area contributed by atoms with Crippen molar-refractivity contribution in [1.82, 2.24) is 10.3 Å². The lowest BCUT2D eigenvalue weighted by molar-refractivity contribution is 0.0949. The highest BCUT2D eigenvalue weighted by Crippen LogP contribution is 2.24. The second-order valence-electron chi connectivity index (χ2n) is 5.85. The second kappa shape index (κ2) is 7.93. The minimum atomic E-state index is -0.228.